The minimum atomic E-state index is -3.37. The molecule has 2 aromatic carbocycles. The smallest absolute Gasteiger partial charge is 0.173 e. The molecule has 0 saturated heterocycles. The van der Waals surface area contributed by atoms with Crippen LogP contribution >= 0.6 is 0 Å². The number of halogens is 3. The molecule has 38 heavy (non-hydrogen) atoms. The Morgan fingerprint density at radius 1 is 1.16 bits per heavy atom. The lowest BCUT2D eigenvalue weighted by Crippen LogP contribution is -2.49. The molecule has 1 aliphatic heterocycles. The first-order valence-electron chi connectivity index (χ1n) is 13.1. The maximum atomic E-state index is 16.1. The predicted molar refractivity (Wildman–Crippen MR) is 142 cm³/mol. The lowest BCUT2D eigenvalue weighted by atomic mass is 9.87. The SMILES string of the molecule is C[C@@H]1Cc2c([nH]c3ccccc23)C(c2c(F)ccc(OCCNCCCF)c2F)N1CC1(S(C)(=O)=O)CC1. The quantitative estimate of drug-likeness (QED) is 0.340. The van der Waals surface area contributed by atoms with Crippen LogP contribution in [0.2, 0.25) is 0 Å². The van der Waals surface area contributed by atoms with Gasteiger partial charge in [-0.05, 0) is 62.9 Å². The highest BCUT2D eigenvalue weighted by atomic mass is 32.2. The van der Waals surface area contributed by atoms with E-state index in [-0.39, 0.29) is 30.5 Å². The van der Waals surface area contributed by atoms with Crippen LogP contribution in [-0.2, 0) is 16.3 Å². The third-order valence-corrected chi connectivity index (χ3v) is 10.1. The molecule has 3 aromatic rings. The fourth-order valence-electron chi connectivity index (χ4n) is 5.64. The summed E-state index contributed by atoms with van der Waals surface area (Å²) < 4.78 is 74.1. The van der Waals surface area contributed by atoms with Crippen molar-refractivity contribution in [2.24, 2.45) is 0 Å². The van der Waals surface area contributed by atoms with Gasteiger partial charge < -0.3 is 15.0 Å². The van der Waals surface area contributed by atoms with Crippen LogP contribution in [-0.4, -0.2) is 68.3 Å². The van der Waals surface area contributed by atoms with Gasteiger partial charge in [0.05, 0.1) is 23.0 Å². The van der Waals surface area contributed by atoms with Crippen molar-refractivity contribution in [1.82, 2.24) is 15.2 Å². The Hall–Kier alpha value is -2.56. The van der Waals surface area contributed by atoms with E-state index in [1.165, 1.54) is 18.4 Å². The number of aromatic amines is 1. The summed E-state index contributed by atoms with van der Waals surface area (Å²) in [5.74, 6) is -1.59. The second kappa shape index (κ2) is 10.5. The first kappa shape index (κ1) is 27.0. The third kappa shape index (κ3) is 4.94. The molecule has 1 saturated carbocycles. The van der Waals surface area contributed by atoms with Crippen LogP contribution in [0.4, 0.5) is 13.2 Å². The van der Waals surface area contributed by atoms with Crippen LogP contribution in [0.5, 0.6) is 5.75 Å². The van der Waals surface area contributed by atoms with Gasteiger partial charge in [0.25, 0.3) is 0 Å². The van der Waals surface area contributed by atoms with Gasteiger partial charge in [0, 0.05) is 42.0 Å². The lowest BCUT2D eigenvalue weighted by Gasteiger charge is -2.42. The van der Waals surface area contributed by atoms with Crippen molar-refractivity contribution >= 4 is 20.7 Å². The Kier molecular flexibility index (Phi) is 7.50. The first-order valence-corrected chi connectivity index (χ1v) is 15.0. The molecule has 1 fully saturated rings. The molecule has 1 aliphatic carbocycles. The van der Waals surface area contributed by atoms with Crippen LogP contribution in [0.25, 0.3) is 10.9 Å². The molecule has 0 amide bonds. The van der Waals surface area contributed by atoms with E-state index in [0.29, 0.717) is 44.5 Å². The van der Waals surface area contributed by atoms with Crippen molar-refractivity contribution in [1.29, 1.82) is 0 Å². The third-order valence-electron chi connectivity index (χ3n) is 7.97. The molecule has 0 spiro atoms. The molecule has 2 aliphatic rings. The van der Waals surface area contributed by atoms with Crippen LogP contribution in [0.1, 0.15) is 49.0 Å². The number of alkyl halides is 1. The maximum absolute atomic E-state index is 16.1. The van der Waals surface area contributed by atoms with E-state index in [1.807, 2.05) is 36.1 Å². The molecular formula is C28H34F3N3O3S. The van der Waals surface area contributed by atoms with Gasteiger partial charge >= 0.3 is 0 Å². The molecule has 1 aromatic heterocycles. The average molecular weight is 550 g/mol. The van der Waals surface area contributed by atoms with Gasteiger partial charge in [0.1, 0.15) is 12.4 Å². The van der Waals surface area contributed by atoms with E-state index in [4.69, 9.17) is 4.74 Å². The van der Waals surface area contributed by atoms with Gasteiger partial charge in [-0.2, -0.15) is 0 Å². The van der Waals surface area contributed by atoms with Gasteiger partial charge in [0.15, 0.2) is 21.4 Å². The minimum Gasteiger partial charge on any atom is -0.489 e. The van der Waals surface area contributed by atoms with E-state index in [9.17, 15) is 12.8 Å². The molecule has 0 bridgehead atoms. The lowest BCUT2D eigenvalue weighted by molar-refractivity contribution is 0.139. The van der Waals surface area contributed by atoms with Gasteiger partial charge in [-0.1, -0.05) is 18.2 Å². The normalized spacial score (nSPS) is 21.0. The molecular weight excluding hydrogens is 515 g/mol. The van der Waals surface area contributed by atoms with Crippen LogP contribution < -0.4 is 10.1 Å². The number of nitrogens with one attached hydrogen (secondary N) is 2. The fraction of sp³-hybridized carbons (Fsp3) is 0.500. The minimum absolute atomic E-state index is 0.0752. The number of aromatic nitrogens is 1. The second-order valence-corrected chi connectivity index (χ2v) is 13.0. The molecule has 6 nitrogen and oxygen atoms in total. The summed E-state index contributed by atoms with van der Waals surface area (Å²) in [4.78, 5) is 5.34. The molecule has 2 atom stereocenters. The Bertz CT molecular complexity index is 1420. The molecule has 5 rings (SSSR count). The number of sulfone groups is 1. The highest BCUT2D eigenvalue weighted by molar-refractivity contribution is 7.92. The molecule has 206 valence electrons. The zero-order chi connectivity index (χ0) is 27.1. The van der Waals surface area contributed by atoms with Crippen molar-refractivity contribution in [2.45, 2.75) is 49.4 Å². The number of ether oxygens (including phenoxy) is 1. The summed E-state index contributed by atoms with van der Waals surface area (Å²) in [6.45, 7) is 2.76. The second-order valence-electron chi connectivity index (χ2n) is 10.6. The van der Waals surface area contributed by atoms with Crippen LogP contribution in [0.3, 0.4) is 0 Å². The Labute approximate surface area is 221 Å². The van der Waals surface area contributed by atoms with E-state index in [2.05, 4.69) is 10.3 Å². The summed E-state index contributed by atoms with van der Waals surface area (Å²) in [5, 5.41) is 4.02. The van der Waals surface area contributed by atoms with E-state index in [1.54, 1.807) is 0 Å². The zero-order valence-electron chi connectivity index (χ0n) is 21.7. The van der Waals surface area contributed by atoms with E-state index >= 15 is 8.78 Å². The number of nitrogens with zero attached hydrogens (tertiary/aromatic N) is 1. The van der Waals surface area contributed by atoms with Crippen molar-refractivity contribution in [3.05, 3.63) is 64.9 Å². The summed E-state index contributed by atoms with van der Waals surface area (Å²) in [6, 6.07) is 9.22. The molecule has 10 heteroatoms. The van der Waals surface area contributed by atoms with Crippen LogP contribution in [0, 0.1) is 11.6 Å². The average Bonchev–Trinajstić information content (AvgIpc) is 3.59. The number of H-pyrrole nitrogens is 1. The van der Waals surface area contributed by atoms with Crippen LogP contribution in [0.15, 0.2) is 36.4 Å². The monoisotopic (exact) mass is 549 g/mol. The number of hydrogen-bond donors (Lipinski definition) is 2. The Morgan fingerprint density at radius 3 is 2.63 bits per heavy atom. The van der Waals surface area contributed by atoms with E-state index in [0.717, 1.165) is 16.5 Å². The highest BCUT2D eigenvalue weighted by Gasteiger charge is 2.55. The topological polar surface area (TPSA) is 74.4 Å². The Morgan fingerprint density at radius 2 is 1.92 bits per heavy atom. The van der Waals surface area contributed by atoms with Crippen molar-refractivity contribution in [3.8, 4) is 5.75 Å². The number of benzene rings is 2. The number of para-hydroxylation sites is 1. The number of rotatable bonds is 11. The van der Waals surface area contributed by atoms with Gasteiger partial charge in [-0.25, -0.2) is 17.2 Å². The standard InChI is InChI=1S/C28H34F3N3O3S/c1-18-16-20-19-6-3-4-7-22(19)33-26(20)27(34(18)17-28(10-11-28)38(2,35)36)24-21(30)8-9-23(25(24)31)37-15-14-32-13-5-12-29/h3-4,6-9,18,27,32-33H,5,10-17H2,1-2H3/t18-,27?/m1/s1. The number of hydrogen-bond acceptors (Lipinski definition) is 5. The zero-order valence-corrected chi connectivity index (χ0v) is 22.5. The summed E-state index contributed by atoms with van der Waals surface area (Å²) in [6.07, 6.45) is 3.32. The molecule has 1 unspecified atom stereocenters. The van der Waals surface area contributed by atoms with Gasteiger partial charge in [-0.3, -0.25) is 9.29 Å². The molecule has 2 heterocycles. The number of fused-ring (bicyclic) bond motifs is 3. The summed E-state index contributed by atoms with van der Waals surface area (Å²) >= 11 is 0. The van der Waals surface area contributed by atoms with E-state index < -0.39 is 38.9 Å². The van der Waals surface area contributed by atoms with Crippen molar-refractivity contribution in [2.75, 3.05) is 39.2 Å². The van der Waals surface area contributed by atoms with Gasteiger partial charge in [-0.15, -0.1) is 0 Å². The summed E-state index contributed by atoms with van der Waals surface area (Å²) in [7, 11) is -3.37. The van der Waals surface area contributed by atoms with Crippen molar-refractivity contribution < 1.29 is 26.3 Å². The maximum Gasteiger partial charge on any atom is 0.173 e. The predicted octanol–water partition coefficient (Wildman–Crippen LogP) is 4.69. The molecule has 0 radical (unpaired) electrons. The largest absolute Gasteiger partial charge is 0.489 e. The highest BCUT2D eigenvalue weighted by Crippen LogP contribution is 2.49. The summed E-state index contributed by atoms with van der Waals surface area (Å²) in [5.41, 5.74) is 2.38. The van der Waals surface area contributed by atoms with Gasteiger partial charge in [0.2, 0.25) is 0 Å². The first-order chi connectivity index (χ1) is 18.2. The Balaban J connectivity index is 1.56. The molecule has 2 N–H and O–H groups in total. The van der Waals surface area contributed by atoms with Crippen molar-refractivity contribution in [3.63, 3.8) is 0 Å². The fourth-order valence-corrected chi connectivity index (χ4v) is 6.87.